The molecule has 0 saturated heterocycles. The van der Waals surface area contributed by atoms with Crippen LogP contribution in [0.2, 0.25) is 0 Å². The molecule has 0 aliphatic rings. The molecule has 2 aromatic heterocycles. The summed E-state index contributed by atoms with van der Waals surface area (Å²) in [7, 11) is 0. The number of thiophene rings is 1. The van der Waals surface area contributed by atoms with Crippen LogP contribution in [0.15, 0.2) is 11.4 Å². The van der Waals surface area contributed by atoms with Crippen molar-refractivity contribution in [1.82, 2.24) is 20.6 Å². The number of imide groups is 1. The molecular formula is C15H20N4O2S2. The minimum absolute atomic E-state index is 0.123. The summed E-state index contributed by atoms with van der Waals surface area (Å²) in [6, 6.07) is -0.488. The molecule has 0 spiro atoms. The number of aryl methyl sites for hydroxylation is 2. The second-order valence-electron chi connectivity index (χ2n) is 6.18. The molecule has 2 heterocycles. The first-order valence-electron chi connectivity index (χ1n) is 7.13. The van der Waals surface area contributed by atoms with Crippen molar-refractivity contribution < 1.29 is 9.59 Å². The molecular weight excluding hydrogens is 332 g/mol. The van der Waals surface area contributed by atoms with Gasteiger partial charge >= 0.3 is 6.03 Å². The fraction of sp³-hybridized carbons (Fsp3) is 0.467. The largest absolute Gasteiger partial charge is 0.333 e. The maximum Gasteiger partial charge on any atom is 0.321 e. The maximum absolute atomic E-state index is 11.9. The van der Waals surface area contributed by atoms with E-state index in [-0.39, 0.29) is 17.2 Å². The average molecular weight is 352 g/mol. The number of aromatic nitrogens is 2. The molecule has 124 valence electrons. The van der Waals surface area contributed by atoms with Gasteiger partial charge in [0.05, 0.1) is 5.75 Å². The van der Waals surface area contributed by atoms with Gasteiger partial charge in [-0.3, -0.25) is 10.1 Å². The van der Waals surface area contributed by atoms with Gasteiger partial charge in [-0.05, 0) is 40.2 Å². The Balaban J connectivity index is 2.01. The van der Waals surface area contributed by atoms with Crippen molar-refractivity contribution in [3.63, 3.8) is 0 Å². The number of carbonyl (C=O) groups excluding carboxylic acids is 2. The summed E-state index contributed by atoms with van der Waals surface area (Å²) in [5.41, 5.74) is 0.751. The summed E-state index contributed by atoms with van der Waals surface area (Å²) >= 11 is 2.92. The third-order valence-corrected chi connectivity index (χ3v) is 5.12. The molecule has 0 bridgehead atoms. The second-order valence-corrected chi connectivity index (χ2v) is 8.35. The number of hydrogen-bond donors (Lipinski definition) is 2. The van der Waals surface area contributed by atoms with Crippen molar-refractivity contribution in [1.29, 1.82) is 0 Å². The molecule has 23 heavy (non-hydrogen) atoms. The van der Waals surface area contributed by atoms with E-state index >= 15 is 0 Å². The summed E-state index contributed by atoms with van der Waals surface area (Å²) in [6.07, 6.45) is 1.50. The Kier molecular flexibility index (Phi) is 5.26. The standard InChI is InChI=1S/C15H20N4O2S2/c1-8-9(2)23-13-11(8)12(16-7-17-13)22-6-10(20)18-14(21)19-15(3,4)5/h7H,6H2,1-5H3,(H2,18,19,20,21). The lowest BCUT2D eigenvalue weighted by molar-refractivity contribution is -0.117. The van der Waals surface area contributed by atoms with Crippen molar-refractivity contribution in [3.8, 4) is 0 Å². The molecule has 0 aliphatic heterocycles. The number of rotatable bonds is 3. The molecule has 2 rings (SSSR count). The second kappa shape index (κ2) is 6.84. The monoisotopic (exact) mass is 352 g/mol. The van der Waals surface area contributed by atoms with Crippen LogP contribution in [0.5, 0.6) is 0 Å². The number of hydrogen-bond acceptors (Lipinski definition) is 6. The SMILES string of the molecule is Cc1sc2ncnc(SCC(=O)NC(=O)NC(C)(C)C)c2c1C. The normalized spacial score (nSPS) is 11.5. The number of carbonyl (C=O) groups is 2. The Morgan fingerprint density at radius 2 is 1.96 bits per heavy atom. The maximum atomic E-state index is 11.9. The molecule has 0 aliphatic carbocycles. The van der Waals surface area contributed by atoms with Gasteiger partial charge < -0.3 is 5.32 Å². The van der Waals surface area contributed by atoms with Gasteiger partial charge in [0.25, 0.3) is 0 Å². The molecule has 3 amide bonds. The molecule has 2 N–H and O–H groups in total. The number of thioether (sulfide) groups is 1. The number of nitrogens with zero attached hydrogens (tertiary/aromatic N) is 2. The number of amides is 3. The van der Waals surface area contributed by atoms with Gasteiger partial charge in [-0.2, -0.15) is 0 Å². The van der Waals surface area contributed by atoms with Crippen LogP contribution in [-0.2, 0) is 4.79 Å². The Bertz CT molecular complexity index is 750. The average Bonchev–Trinajstić information content (AvgIpc) is 2.70. The van der Waals surface area contributed by atoms with Gasteiger partial charge in [0, 0.05) is 15.8 Å². The Morgan fingerprint density at radius 3 is 2.61 bits per heavy atom. The molecule has 0 radical (unpaired) electrons. The Labute approximate surface area is 143 Å². The van der Waals surface area contributed by atoms with Crippen LogP contribution < -0.4 is 10.6 Å². The topological polar surface area (TPSA) is 84.0 Å². The smallest absolute Gasteiger partial charge is 0.321 e. The van der Waals surface area contributed by atoms with E-state index in [4.69, 9.17) is 0 Å². The molecule has 0 fully saturated rings. The lowest BCUT2D eigenvalue weighted by atomic mass is 10.1. The van der Waals surface area contributed by atoms with Crippen molar-refractivity contribution >= 4 is 45.3 Å². The van der Waals surface area contributed by atoms with Gasteiger partial charge in [0.2, 0.25) is 5.91 Å². The van der Waals surface area contributed by atoms with Gasteiger partial charge in [-0.15, -0.1) is 11.3 Å². The van der Waals surface area contributed by atoms with Crippen LogP contribution in [0, 0.1) is 13.8 Å². The van der Waals surface area contributed by atoms with Crippen LogP contribution in [0.25, 0.3) is 10.2 Å². The van der Waals surface area contributed by atoms with Crippen molar-refractivity contribution in [3.05, 3.63) is 16.8 Å². The molecule has 6 nitrogen and oxygen atoms in total. The fourth-order valence-corrected chi connectivity index (χ4v) is 3.85. The number of fused-ring (bicyclic) bond motifs is 1. The number of nitrogens with one attached hydrogen (secondary N) is 2. The first kappa shape index (κ1) is 17.7. The van der Waals surface area contributed by atoms with E-state index in [2.05, 4.69) is 20.6 Å². The third kappa shape index (κ3) is 4.65. The zero-order valence-electron chi connectivity index (χ0n) is 13.8. The van der Waals surface area contributed by atoms with E-state index in [1.54, 1.807) is 11.3 Å². The fourth-order valence-electron chi connectivity index (χ4n) is 1.93. The predicted molar refractivity (Wildman–Crippen MR) is 94.0 cm³/mol. The highest BCUT2D eigenvalue weighted by atomic mass is 32.2. The lowest BCUT2D eigenvalue weighted by Crippen LogP contribution is -2.48. The molecule has 0 atom stereocenters. The van der Waals surface area contributed by atoms with E-state index in [0.717, 1.165) is 20.8 Å². The van der Waals surface area contributed by atoms with Crippen molar-refractivity contribution in [2.75, 3.05) is 5.75 Å². The molecule has 0 aromatic carbocycles. The predicted octanol–water partition coefficient (Wildman–Crippen LogP) is 3.02. The molecule has 0 unspecified atom stereocenters. The number of urea groups is 1. The van der Waals surface area contributed by atoms with Gasteiger partial charge in [-0.25, -0.2) is 14.8 Å². The Morgan fingerprint density at radius 1 is 1.26 bits per heavy atom. The minimum Gasteiger partial charge on any atom is -0.333 e. The quantitative estimate of drug-likeness (QED) is 0.655. The summed E-state index contributed by atoms with van der Waals surface area (Å²) in [5, 5.41) is 6.77. The summed E-state index contributed by atoms with van der Waals surface area (Å²) in [4.78, 5) is 34.2. The van der Waals surface area contributed by atoms with E-state index in [1.165, 1.54) is 23.0 Å². The summed E-state index contributed by atoms with van der Waals surface area (Å²) in [6.45, 7) is 9.62. The zero-order chi connectivity index (χ0) is 17.2. The molecule has 0 saturated carbocycles. The van der Waals surface area contributed by atoms with Crippen molar-refractivity contribution in [2.45, 2.75) is 45.2 Å². The summed E-state index contributed by atoms with van der Waals surface area (Å²) in [5.74, 6) is -0.231. The third-order valence-electron chi connectivity index (χ3n) is 3.01. The minimum atomic E-state index is -0.488. The van der Waals surface area contributed by atoms with E-state index in [9.17, 15) is 9.59 Å². The van der Waals surface area contributed by atoms with Crippen molar-refractivity contribution in [2.24, 2.45) is 0 Å². The van der Waals surface area contributed by atoms with E-state index in [1.807, 2.05) is 34.6 Å². The lowest BCUT2D eigenvalue weighted by Gasteiger charge is -2.20. The highest BCUT2D eigenvalue weighted by Crippen LogP contribution is 2.34. The van der Waals surface area contributed by atoms with E-state index < -0.39 is 6.03 Å². The van der Waals surface area contributed by atoms with Crippen LogP contribution in [0.4, 0.5) is 4.79 Å². The summed E-state index contributed by atoms with van der Waals surface area (Å²) < 4.78 is 0. The van der Waals surface area contributed by atoms with Crippen LogP contribution in [0.1, 0.15) is 31.2 Å². The van der Waals surface area contributed by atoms with Gasteiger partial charge in [-0.1, -0.05) is 11.8 Å². The first-order chi connectivity index (χ1) is 10.7. The first-order valence-corrected chi connectivity index (χ1v) is 8.93. The van der Waals surface area contributed by atoms with Crippen LogP contribution in [-0.4, -0.2) is 33.2 Å². The Hall–Kier alpha value is -1.67. The van der Waals surface area contributed by atoms with E-state index in [0.29, 0.717) is 0 Å². The highest BCUT2D eigenvalue weighted by molar-refractivity contribution is 8.00. The van der Waals surface area contributed by atoms with Crippen LogP contribution in [0.3, 0.4) is 0 Å². The van der Waals surface area contributed by atoms with Crippen LogP contribution >= 0.6 is 23.1 Å². The molecule has 8 heteroatoms. The zero-order valence-corrected chi connectivity index (χ0v) is 15.4. The molecule has 2 aromatic rings. The highest BCUT2D eigenvalue weighted by Gasteiger charge is 2.17. The van der Waals surface area contributed by atoms with Gasteiger partial charge in [0.15, 0.2) is 0 Å². The van der Waals surface area contributed by atoms with Gasteiger partial charge in [0.1, 0.15) is 16.2 Å².